The number of aromatic nitrogens is 4. The number of rotatable bonds is 3. The fourth-order valence-corrected chi connectivity index (χ4v) is 2.45. The average Bonchev–Trinajstić information content (AvgIpc) is 3.26. The molecule has 0 unspecified atom stereocenters. The van der Waals surface area contributed by atoms with E-state index >= 15 is 0 Å². The number of anilines is 1. The second-order valence-electron chi connectivity index (χ2n) is 5.03. The number of hydrogen-bond acceptors (Lipinski definition) is 3. The summed E-state index contributed by atoms with van der Waals surface area (Å²) in [6.45, 7) is 0. The SMILES string of the molecule is O=C(Nc1c[nH]nc1-c1nc2ccccc2[nH]1)C1=CC=CC1. The topological polar surface area (TPSA) is 86.5 Å². The number of allylic oxidation sites excluding steroid dienone is 3. The van der Waals surface area contributed by atoms with E-state index in [2.05, 4.69) is 25.5 Å². The van der Waals surface area contributed by atoms with Gasteiger partial charge >= 0.3 is 0 Å². The highest BCUT2D eigenvalue weighted by Crippen LogP contribution is 2.26. The summed E-state index contributed by atoms with van der Waals surface area (Å²) in [5, 5.41) is 9.84. The zero-order valence-electron chi connectivity index (χ0n) is 11.6. The van der Waals surface area contributed by atoms with Gasteiger partial charge in [-0.1, -0.05) is 30.4 Å². The van der Waals surface area contributed by atoms with Crippen LogP contribution in [0.5, 0.6) is 0 Å². The van der Waals surface area contributed by atoms with E-state index in [1.165, 1.54) is 0 Å². The van der Waals surface area contributed by atoms with Crippen LogP contribution in [-0.2, 0) is 4.79 Å². The van der Waals surface area contributed by atoms with Crippen LogP contribution in [0.25, 0.3) is 22.6 Å². The zero-order valence-corrected chi connectivity index (χ0v) is 11.6. The zero-order chi connectivity index (χ0) is 14.9. The number of para-hydroxylation sites is 2. The lowest BCUT2D eigenvalue weighted by Gasteiger charge is -2.04. The third kappa shape index (κ3) is 2.10. The molecule has 0 atom stereocenters. The number of carbonyl (C=O) groups is 1. The highest BCUT2D eigenvalue weighted by atomic mass is 16.1. The van der Waals surface area contributed by atoms with Gasteiger partial charge in [-0.05, 0) is 18.6 Å². The van der Waals surface area contributed by atoms with Crippen molar-refractivity contribution in [3.8, 4) is 11.5 Å². The lowest BCUT2D eigenvalue weighted by molar-refractivity contribution is -0.112. The van der Waals surface area contributed by atoms with Crippen molar-refractivity contribution in [2.24, 2.45) is 0 Å². The molecule has 1 aromatic carbocycles. The van der Waals surface area contributed by atoms with Crippen LogP contribution in [0.2, 0.25) is 0 Å². The molecule has 108 valence electrons. The van der Waals surface area contributed by atoms with Crippen molar-refractivity contribution in [1.82, 2.24) is 20.2 Å². The summed E-state index contributed by atoms with van der Waals surface area (Å²) in [5.41, 5.74) is 3.73. The summed E-state index contributed by atoms with van der Waals surface area (Å²) < 4.78 is 0. The monoisotopic (exact) mass is 291 g/mol. The standard InChI is InChI=1S/C16H13N5O/c22-16(10-5-1-2-6-10)20-13-9-17-21-14(13)15-18-11-7-3-4-8-12(11)19-15/h1-5,7-9H,6H2,(H,17,21)(H,18,19)(H,20,22). The Labute approximate surface area is 126 Å². The number of H-pyrrole nitrogens is 2. The number of aromatic amines is 2. The molecule has 1 amide bonds. The van der Waals surface area contributed by atoms with Crippen LogP contribution in [0, 0.1) is 0 Å². The fraction of sp³-hybridized carbons (Fsp3) is 0.0625. The Kier molecular flexibility index (Phi) is 2.86. The molecular formula is C16H13N5O. The first kappa shape index (κ1) is 12.6. The molecular weight excluding hydrogens is 278 g/mol. The second-order valence-corrected chi connectivity index (χ2v) is 5.03. The van der Waals surface area contributed by atoms with Crippen molar-refractivity contribution in [3.63, 3.8) is 0 Å². The molecule has 0 saturated carbocycles. The predicted molar refractivity (Wildman–Crippen MR) is 84.1 cm³/mol. The van der Waals surface area contributed by atoms with Crippen molar-refractivity contribution >= 4 is 22.6 Å². The van der Waals surface area contributed by atoms with Crippen LogP contribution in [0.1, 0.15) is 6.42 Å². The second kappa shape index (κ2) is 5.00. The summed E-state index contributed by atoms with van der Waals surface area (Å²) in [6.07, 6.45) is 7.96. The van der Waals surface area contributed by atoms with Crippen molar-refractivity contribution in [1.29, 1.82) is 0 Å². The highest BCUT2D eigenvalue weighted by molar-refractivity contribution is 6.06. The minimum absolute atomic E-state index is 0.122. The van der Waals surface area contributed by atoms with Crippen LogP contribution < -0.4 is 5.32 Å². The molecule has 6 heteroatoms. The number of nitrogens with zero attached hydrogens (tertiary/aromatic N) is 2. The summed E-state index contributed by atoms with van der Waals surface area (Å²) in [5.74, 6) is 0.500. The van der Waals surface area contributed by atoms with Gasteiger partial charge in [0.25, 0.3) is 5.91 Å². The number of hydrogen-bond donors (Lipinski definition) is 3. The van der Waals surface area contributed by atoms with Crippen LogP contribution >= 0.6 is 0 Å². The van der Waals surface area contributed by atoms with Gasteiger partial charge in [0.1, 0.15) is 0 Å². The van der Waals surface area contributed by atoms with Gasteiger partial charge in [0.05, 0.1) is 16.7 Å². The molecule has 0 radical (unpaired) electrons. The first-order chi connectivity index (χ1) is 10.8. The first-order valence-corrected chi connectivity index (χ1v) is 6.97. The molecule has 22 heavy (non-hydrogen) atoms. The molecule has 6 nitrogen and oxygen atoms in total. The minimum atomic E-state index is -0.122. The van der Waals surface area contributed by atoms with E-state index in [4.69, 9.17) is 0 Å². The van der Waals surface area contributed by atoms with Crippen LogP contribution in [0.3, 0.4) is 0 Å². The number of imidazole rings is 1. The summed E-state index contributed by atoms with van der Waals surface area (Å²) in [6, 6.07) is 7.75. The molecule has 0 fully saturated rings. The maximum Gasteiger partial charge on any atom is 0.252 e. The molecule has 0 saturated heterocycles. The number of carbonyl (C=O) groups excluding carboxylic acids is 1. The molecule has 3 aromatic rings. The number of nitrogens with one attached hydrogen (secondary N) is 3. The maximum atomic E-state index is 12.2. The molecule has 0 aliphatic heterocycles. The molecule has 4 rings (SSSR count). The van der Waals surface area contributed by atoms with Crippen molar-refractivity contribution in [3.05, 3.63) is 54.3 Å². The Morgan fingerprint density at radius 3 is 3.00 bits per heavy atom. The van der Waals surface area contributed by atoms with E-state index in [9.17, 15) is 4.79 Å². The Balaban J connectivity index is 1.66. The molecule has 3 N–H and O–H groups in total. The molecule has 1 aliphatic rings. The number of amides is 1. The van der Waals surface area contributed by atoms with Crippen molar-refractivity contribution < 1.29 is 4.79 Å². The Bertz CT molecular complexity index is 882. The Morgan fingerprint density at radius 1 is 1.27 bits per heavy atom. The van der Waals surface area contributed by atoms with E-state index in [1.807, 2.05) is 42.5 Å². The number of benzene rings is 1. The smallest absolute Gasteiger partial charge is 0.252 e. The average molecular weight is 291 g/mol. The van der Waals surface area contributed by atoms with Gasteiger partial charge in [0, 0.05) is 11.8 Å². The quantitative estimate of drug-likeness (QED) is 0.693. The highest BCUT2D eigenvalue weighted by Gasteiger charge is 2.17. The molecule has 0 spiro atoms. The Hall–Kier alpha value is -3.15. The normalized spacial score (nSPS) is 13.5. The van der Waals surface area contributed by atoms with E-state index in [0.29, 0.717) is 23.6 Å². The largest absolute Gasteiger partial charge is 0.337 e. The van der Waals surface area contributed by atoms with Crippen molar-refractivity contribution in [2.45, 2.75) is 6.42 Å². The lowest BCUT2D eigenvalue weighted by Crippen LogP contribution is -2.13. The van der Waals surface area contributed by atoms with E-state index < -0.39 is 0 Å². The van der Waals surface area contributed by atoms with Gasteiger partial charge in [-0.3, -0.25) is 9.89 Å². The Morgan fingerprint density at radius 2 is 2.18 bits per heavy atom. The molecule has 2 heterocycles. The van der Waals surface area contributed by atoms with E-state index in [1.54, 1.807) is 6.20 Å². The van der Waals surface area contributed by atoms with Gasteiger partial charge in [-0.25, -0.2) is 4.98 Å². The van der Waals surface area contributed by atoms with Gasteiger partial charge in [-0.2, -0.15) is 5.10 Å². The molecule has 2 aromatic heterocycles. The maximum absolute atomic E-state index is 12.2. The summed E-state index contributed by atoms with van der Waals surface area (Å²) in [4.78, 5) is 19.9. The third-order valence-electron chi connectivity index (χ3n) is 3.57. The molecule has 0 bridgehead atoms. The van der Waals surface area contributed by atoms with Crippen molar-refractivity contribution in [2.75, 3.05) is 5.32 Å². The van der Waals surface area contributed by atoms with Crippen LogP contribution in [0.15, 0.2) is 54.3 Å². The first-order valence-electron chi connectivity index (χ1n) is 6.97. The molecule has 1 aliphatic carbocycles. The number of fused-ring (bicyclic) bond motifs is 1. The van der Waals surface area contributed by atoms with E-state index in [0.717, 1.165) is 16.6 Å². The minimum Gasteiger partial charge on any atom is -0.337 e. The van der Waals surface area contributed by atoms with Gasteiger partial charge < -0.3 is 10.3 Å². The summed E-state index contributed by atoms with van der Waals surface area (Å²) >= 11 is 0. The van der Waals surface area contributed by atoms with Gasteiger partial charge in [0.2, 0.25) is 0 Å². The third-order valence-corrected chi connectivity index (χ3v) is 3.57. The van der Waals surface area contributed by atoms with E-state index in [-0.39, 0.29) is 5.91 Å². The van der Waals surface area contributed by atoms with Gasteiger partial charge in [-0.15, -0.1) is 0 Å². The predicted octanol–water partition coefficient (Wildman–Crippen LogP) is 2.78. The fourth-order valence-electron chi connectivity index (χ4n) is 2.45. The lowest BCUT2D eigenvalue weighted by atomic mass is 10.2. The van der Waals surface area contributed by atoms with Crippen LogP contribution in [0.4, 0.5) is 5.69 Å². The van der Waals surface area contributed by atoms with Crippen LogP contribution in [-0.4, -0.2) is 26.1 Å². The summed E-state index contributed by atoms with van der Waals surface area (Å²) in [7, 11) is 0. The van der Waals surface area contributed by atoms with Gasteiger partial charge in [0.15, 0.2) is 11.5 Å².